The fourth-order valence-corrected chi connectivity index (χ4v) is 5.96. The van der Waals surface area contributed by atoms with Crippen LogP contribution in [0.2, 0.25) is 0 Å². The molecule has 4 nitrogen and oxygen atoms in total. The molecule has 0 unspecified atom stereocenters. The Morgan fingerprint density at radius 2 is 1.62 bits per heavy atom. The van der Waals surface area contributed by atoms with Gasteiger partial charge in [-0.2, -0.15) is 26.3 Å². The first kappa shape index (κ1) is 27.4. The second-order valence-corrected chi connectivity index (χ2v) is 10.2. The largest absolute Gasteiger partial charge is 0.550 e. The van der Waals surface area contributed by atoms with Crippen LogP contribution in [0.4, 0.5) is 26.3 Å². The maximum Gasteiger partial charge on any atom is 0.433 e. The van der Waals surface area contributed by atoms with E-state index in [4.69, 9.17) is 0 Å². The lowest BCUT2D eigenvalue weighted by Crippen LogP contribution is -2.43. The number of halogens is 6. The lowest BCUT2D eigenvalue weighted by Gasteiger charge is -2.47. The number of likely N-dealkylation sites (tertiary alicyclic amines) is 1. The molecule has 0 bridgehead atoms. The summed E-state index contributed by atoms with van der Waals surface area (Å²) in [6, 6.07) is 6.63. The van der Waals surface area contributed by atoms with E-state index >= 15 is 0 Å². The molecule has 0 spiro atoms. The molecule has 2 aliphatic rings. The molecule has 2 fully saturated rings. The van der Waals surface area contributed by atoms with Gasteiger partial charge in [-0.25, -0.2) is 0 Å². The topological polar surface area (TPSA) is 56.3 Å². The molecule has 202 valence electrons. The van der Waals surface area contributed by atoms with Gasteiger partial charge in [-0.1, -0.05) is 37.5 Å². The number of aromatic nitrogens is 1. The number of pyridine rings is 1. The van der Waals surface area contributed by atoms with Crippen molar-refractivity contribution in [2.75, 3.05) is 6.54 Å². The van der Waals surface area contributed by atoms with Gasteiger partial charge in [0.15, 0.2) is 0 Å². The minimum Gasteiger partial charge on any atom is -0.550 e. The molecule has 37 heavy (non-hydrogen) atoms. The molecule has 1 saturated carbocycles. The molecular weight excluding hydrogens is 498 g/mol. The minimum absolute atomic E-state index is 0.141. The smallest absolute Gasteiger partial charge is 0.433 e. The van der Waals surface area contributed by atoms with Gasteiger partial charge >= 0.3 is 12.4 Å². The van der Waals surface area contributed by atoms with E-state index in [1.165, 1.54) is 24.4 Å². The third-order valence-electron chi connectivity index (χ3n) is 7.70. The number of piperidine rings is 1. The maximum atomic E-state index is 13.2. The summed E-state index contributed by atoms with van der Waals surface area (Å²) in [5, 5.41) is 11.3. The van der Waals surface area contributed by atoms with Crippen LogP contribution in [0.5, 0.6) is 0 Å². The molecule has 1 aliphatic heterocycles. The highest BCUT2D eigenvalue weighted by molar-refractivity contribution is 5.64. The molecule has 0 amide bonds. The molecule has 1 saturated heterocycles. The van der Waals surface area contributed by atoms with Crippen molar-refractivity contribution in [1.29, 1.82) is 0 Å². The number of carbonyl (C=O) groups excluding carboxylic acids is 1. The zero-order chi connectivity index (χ0) is 26.8. The first-order valence-corrected chi connectivity index (χ1v) is 12.6. The first-order chi connectivity index (χ1) is 17.4. The molecule has 4 rings (SSSR count). The van der Waals surface area contributed by atoms with Crippen LogP contribution < -0.4 is 5.11 Å². The summed E-state index contributed by atoms with van der Waals surface area (Å²) < 4.78 is 79.1. The van der Waals surface area contributed by atoms with E-state index in [2.05, 4.69) is 9.88 Å². The zero-order valence-electron chi connectivity index (χ0n) is 20.2. The monoisotopic (exact) mass is 527 g/mol. The van der Waals surface area contributed by atoms with Crippen molar-refractivity contribution in [3.8, 4) is 0 Å². The van der Waals surface area contributed by atoms with E-state index in [0.29, 0.717) is 30.5 Å². The van der Waals surface area contributed by atoms with Gasteiger partial charge in [0.2, 0.25) is 0 Å². The summed E-state index contributed by atoms with van der Waals surface area (Å²) >= 11 is 0. The van der Waals surface area contributed by atoms with E-state index in [1.54, 1.807) is 0 Å². The number of hydrogen-bond acceptors (Lipinski definition) is 4. The average molecular weight is 528 g/mol. The minimum atomic E-state index is -4.56. The van der Waals surface area contributed by atoms with E-state index in [9.17, 15) is 36.2 Å². The van der Waals surface area contributed by atoms with Crippen molar-refractivity contribution >= 4 is 5.97 Å². The van der Waals surface area contributed by atoms with E-state index in [-0.39, 0.29) is 24.3 Å². The third-order valence-corrected chi connectivity index (χ3v) is 7.70. The summed E-state index contributed by atoms with van der Waals surface area (Å²) in [5.41, 5.74) is -0.502. The summed E-state index contributed by atoms with van der Waals surface area (Å²) in [7, 11) is 0. The quantitative estimate of drug-likeness (QED) is 0.412. The third kappa shape index (κ3) is 6.64. The Hall–Kier alpha value is -2.62. The number of aliphatic carboxylic acids is 1. The Bertz CT molecular complexity index is 1050. The van der Waals surface area contributed by atoms with E-state index in [0.717, 1.165) is 50.3 Å². The van der Waals surface area contributed by atoms with Crippen LogP contribution >= 0.6 is 0 Å². The lowest BCUT2D eigenvalue weighted by molar-refractivity contribution is -0.307. The molecule has 0 N–H and O–H groups in total. The molecule has 2 aromatic rings. The number of carbonyl (C=O) groups is 1. The first-order valence-electron chi connectivity index (χ1n) is 12.6. The number of alkyl halides is 6. The predicted molar refractivity (Wildman–Crippen MR) is 122 cm³/mol. The van der Waals surface area contributed by atoms with Gasteiger partial charge in [-0.3, -0.25) is 9.88 Å². The molecule has 2 heterocycles. The van der Waals surface area contributed by atoms with Crippen LogP contribution in [0.1, 0.15) is 85.8 Å². The van der Waals surface area contributed by atoms with Crippen LogP contribution in [0.15, 0.2) is 42.6 Å². The molecule has 1 aromatic heterocycles. The fraction of sp³-hybridized carbons (Fsp3) is 0.556. The van der Waals surface area contributed by atoms with Gasteiger partial charge in [-0.15, -0.1) is 0 Å². The van der Waals surface area contributed by atoms with Gasteiger partial charge in [0.05, 0.1) is 5.56 Å². The molecule has 1 aliphatic carbocycles. The maximum absolute atomic E-state index is 13.2. The van der Waals surface area contributed by atoms with Gasteiger partial charge in [0.1, 0.15) is 5.69 Å². The highest BCUT2D eigenvalue weighted by Gasteiger charge is 2.40. The Morgan fingerprint density at radius 1 is 0.946 bits per heavy atom. The Morgan fingerprint density at radius 3 is 2.16 bits per heavy atom. The summed E-state index contributed by atoms with van der Waals surface area (Å²) in [4.78, 5) is 17.1. The summed E-state index contributed by atoms with van der Waals surface area (Å²) in [6.07, 6.45) is -2.19. The Kier molecular flexibility index (Phi) is 8.16. The lowest BCUT2D eigenvalue weighted by atomic mass is 9.77. The zero-order valence-corrected chi connectivity index (χ0v) is 20.2. The van der Waals surface area contributed by atoms with Gasteiger partial charge < -0.3 is 9.90 Å². The number of rotatable bonds is 6. The molecule has 0 radical (unpaired) electrons. The van der Waals surface area contributed by atoms with Crippen LogP contribution in [0.25, 0.3) is 0 Å². The number of hydrogen-bond donors (Lipinski definition) is 0. The van der Waals surface area contributed by atoms with E-state index < -0.39 is 35.6 Å². The standard InChI is InChI=1S/C27H30F6N2O2/c28-26(29,30)21-9-6-18(7-10-21)22-14-17(15-24(36)37)12-13-35(22)25(19-4-2-1-3-5-19)20-8-11-23(34-16-20)27(31,32)33/h6-11,16-17,19,22,25H,1-5,12-15H2,(H,36,37)/p-1/t17-,22+,25-/m1/s1. The van der Waals surface area contributed by atoms with Gasteiger partial charge in [0, 0.05) is 24.2 Å². The number of nitrogens with zero attached hydrogens (tertiary/aromatic N) is 2. The van der Waals surface area contributed by atoms with Crippen molar-refractivity contribution in [3.05, 3.63) is 65.0 Å². The van der Waals surface area contributed by atoms with Crippen LogP contribution in [-0.4, -0.2) is 22.4 Å². The van der Waals surface area contributed by atoms with Gasteiger partial charge in [-0.05, 0) is 79.8 Å². The number of carboxylic acid groups (broad SMARTS) is 1. The van der Waals surface area contributed by atoms with Crippen molar-refractivity contribution in [2.45, 2.75) is 75.8 Å². The van der Waals surface area contributed by atoms with Crippen LogP contribution in [0, 0.1) is 11.8 Å². The van der Waals surface area contributed by atoms with E-state index in [1.807, 2.05) is 0 Å². The second-order valence-electron chi connectivity index (χ2n) is 10.2. The van der Waals surface area contributed by atoms with Crippen LogP contribution in [-0.2, 0) is 17.1 Å². The summed E-state index contributed by atoms with van der Waals surface area (Å²) in [6.45, 7) is 0.464. The molecule has 1 aromatic carbocycles. The molecular formula is C27H29F6N2O2-. The number of benzene rings is 1. The second kappa shape index (κ2) is 11.0. The summed E-state index contributed by atoms with van der Waals surface area (Å²) in [5.74, 6) is -1.26. The predicted octanol–water partition coefficient (Wildman–Crippen LogP) is 6.33. The Labute approximate surface area is 211 Å². The number of carboxylic acids is 1. The highest BCUT2D eigenvalue weighted by Crippen LogP contribution is 2.47. The average Bonchev–Trinajstić information content (AvgIpc) is 2.85. The van der Waals surface area contributed by atoms with Crippen molar-refractivity contribution in [3.63, 3.8) is 0 Å². The van der Waals surface area contributed by atoms with Crippen molar-refractivity contribution in [2.24, 2.45) is 11.8 Å². The molecule has 3 atom stereocenters. The fourth-order valence-electron chi connectivity index (χ4n) is 5.96. The Balaban J connectivity index is 1.72. The molecule has 10 heteroatoms. The van der Waals surface area contributed by atoms with Gasteiger partial charge in [0.25, 0.3) is 0 Å². The SMILES string of the molecule is O=C([O-])C[C@@H]1CCN([C@@H](c2ccc(C(F)(F)F)nc2)C2CCCCC2)[C@H](c2ccc(C(F)(F)F)cc2)C1. The highest BCUT2D eigenvalue weighted by atomic mass is 19.4. The van der Waals surface area contributed by atoms with Crippen molar-refractivity contribution in [1.82, 2.24) is 9.88 Å². The van der Waals surface area contributed by atoms with Crippen molar-refractivity contribution < 1.29 is 36.2 Å². The van der Waals surface area contributed by atoms with Crippen LogP contribution in [0.3, 0.4) is 0 Å². The normalized spacial score (nSPS) is 23.1.